The molecule has 0 atom stereocenters. The quantitative estimate of drug-likeness (QED) is 0.828. The molecule has 1 fully saturated rings. The van der Waals surface area contributed by atoms with E-state index in [1.807, 2.05) is 36.0 Å². The van der Waals surface area contributed by atoms with E-state index in [0.29, 0.717) is 12.1 Å². The molecule has 0 aromatic heterocycles. The first-order chi connectivity index (χ1) is 12.9. The van der Waals surface area contributed by atoms with E-state index in [1.54, 1.807) is 0 Å². The summed E-state index contributed by atoms with van der Waals surface area (Å²) >= 11 is 1.96. The van der Waals surface area contributed by atoms with Gasteiger partial charge in [0.1, 0.15) is 0 Å². The molecule has 0 saturated carbocycles. The topological polar surface area (TPSA) is 32.3 Å². The predicted octanol–water partition coefficient (Wildman–Crippen LogP) is 4.12. The number of thioether (sulfide) groups is 1. The Hall–Kier alpha value is -2.15. The maximum Gasteiger partial charge on any atom is 0.416 e. The monoisotopic (exact) mass is 394 g/mol. The molecule has 1 N–H and O–H groups in total. The van der Waals surface area contributed by atoms with E-state index < -0.39 is 11.7 Å². The minimum absolute atomic E-state index is 0.0759. The molecule has 0 unspecified atom stereocenters. The molecular weight excluding hydrogens is 373 g/mol. The molecule has 1 aliphatic heterocycles. The Bertz CT molecular complexity index is 772. The van der Waals surface area contributed by atoms with Crippen LogP contribution in [-0.4, -0.2) is 30.5 Å². The largest absolute Gasteiger partial charge is 0.416 e. The number of hydrogen-bond acceptors (Lipinski definition) is 3. The summed E-state index contributed by atoms with van der Waals surface area (Å²) in [6.45, 7) is 2.43. The van der Waals surface area contributed by atoms with Gasteiger partial charge in [-0.3, -0.25) is 4.79 Å². The van der Waals surface area contributed by atoms with Crippen LogP contribution < -0.4 is 10.2 Å². The van der Waals surface area contributed by atoms with Gasteiger partial charge in [-0.25, -0.2) is 0 Å². The Morgan fingerprint density at radius 1 is 1.04 bits per heavy atom. The lowest BCUT2D eigenvalue weighted by atomic mass is 10.1. The zero-order valence-corrected chi connectivity index (χ0v) is 15.6. The predicted molar refractivity (Wildman–Crippen MR) is 103 cm³/mol. The van der Waals surface area contributed by atoms with Gasteiger partial charge in [0.25, 0.3) is 0 Å². The Morgan fingerprint density at radius 3 is 2.41 bits per heavy atom. The van der Waals surface area contributed by atoms with Crippen LogP contribution in [0.25, 0.3) is 0 Å². The van der Waals surface area contributed by atoms with E-state index in [0.717, 1.165) is 42.3 Å². The van der Waals surface area contributed by atoms with Crippen LogP contribution in [0.15, 0.2) is 48.5 Å². The van der Waals surface area contributed by atoms with Crippen molar-refractivity contribution in [3.63, 3.8) is 0 Å². The summed E-state index contributed by atoms with van der Waals surface area (Å²) < 4.78 is 38.2. The number of carbonyl (C=O) groups is 1. The number of hydrogen-bond donors (Lipinski definition) is 1. The molecule has 144 valence electrons. The minimum Gasteiger partial charge on any atom is -0.370 e. The highest BCUT2D eigenvalue weighted by atomic mass is 32.2. The molecule has 1 aliphatic rings. The van der Waals surface area contributed by atoms with Gasteiger partial charge in [-0.2, -0.15) is 24.9 Å². The van der Waals surface area contributed by atoms with Crippen LogP contribution in [0.1, 0.15) is 16.7 Å². The van der Waals surface area contributed by atoms with Gasteiger partial charge >= 0.3 is 6.18 Å². The SMILES string of the molecule is O=C(Cc1cccc(C(F)(F)F)c1)NCc1ccc(N2CCSCC2)cc1. The summed E-state index contributed by atoms with van der Waals surface area (Å²) in [4.78, 5) is 14.4. The summed E-state index contributed by atoms with van der Waals surface area (Å²) in [7, 11) is 0. The third-order valence-electron chi connectivity index (χ3n) is 4.42. The zero-order chi connectivity index (χ0) is 19.3. The van der Waals surface area contributed by atoms with Gasteiger partial charge < -0.3 is 10.2 Å². The Kier molecular flexibility index (Phi) is 6.31. The number of amides is 1. The molecule has 1 heterocycles. The Labute approximate surface area is 160 Å². The summed E-state index contributed by atoms with van der Waals surface area (Å²) in [6.07, 6.45) is -4.48. The number of nitrogens with zero attached hydrogens (tertiary/aromatic N) is 1. The van der Waals surface area contributed by atoms with E-state index in [1.165, 1.54) is 17.8 Å². The molecule has 0 spiro atoms. The molecular formula is C20H21F3N2OS. The molecule has 3 rings (SSSR count). The third-order valence-corrected chi connectivity index (χ3v) is 5.36. The second kappa shape index (κ2) is 8.69. The first kappa shape index (κ1) is 19.6. The van der Waals surface area contributed by atoms with Crippen LogP contribution in [0.3, 0.4) is 0 Å². The van der Waals surface area contributed by atoms with Gasteiger partial charge in [-0.05, 0) is 29.3 Å². The maximum absolute atomic E-state index is 12.7. The van der Waals surface area contributed by atoms with Crippen LogP contribution in [0.4, 0.5) is 18.9 Å². The standard InChI is InChI=1S/C20H21F3N2OS/c21-20(22,23)17-3-1-2-16(12-17)13-19(26)24-14-15-4-6-18(7-5-15)25-8-10-27-11-9-25/h1-7,12H,8-11,13-14H2,(H,24,26). The average molecular weight is 394 g/mol. The third kappa shape index (κ3) is 5.66. The maximum atomic E-state index is 12.7. The van der Waals surface area contributed by atoms with Crippen molar-refractivity contribution in [3.8, 4) is 0 Å². The highest BCUT2D eigenvalue weighted by Gasteiger charge is 2.30. The second-order valence-electron chi connectivity index (χ2n) is 6.42. The van der Waals surface area contributed by atoms with Gasteiger partial charge in [0.05, 0.1) is 12.0 Å². The normalized spacial score (nSPS) is 14.9. The lowest BCUT2D eigenvalue weighted by Crippen LogP contribution is -2.32. The smallest absolute Gasteiger partial charge is 0.370 e. The minimum atomic E-state index is -4.40. The van der Waals surface area contributed by atoms with Crippen molar-refractivity contribution in [1.82, 2.24) is 5.32 Å². The van der Waals surface area contributed by atoms with Crippen LogP contribution in [0, 0.1) is 0 Å². The van der Waals surface area contributed by atoms with Crippen molar-refractivity contribution in [2.75, 3.05) is 29.5 Å². The summed E-state index contributed by atoms with van der Waals surface area (Å²) in [5, 5.41) is 2.77. The lowest BCUT2D eigenvalue weighted by molar-refractivity contribution is -0.137. The number of carbonyl (C=O) groups excluding carboxylic acids is 1. The molecule has 7 heteroatoms. The molecule has 0 bridgehead atoms. The van der Waals surface area contributed by atoms with Crippen molar-refractivity contribution in [3.05, 3.63) is 65.2 Å². The Balaban J connectivity index is 1.52. The average Bonchev–Trinajstić information content (AvgIpc) is 2.67. The van der Waals surface area contributed by atoms with Crippen molar-refractivity contribution in [2.45, 2.75) is 19.1 Å². The van der Waals surface area contributed by atoms with Crippen molar-refractivity contribution in [2.24, 2.45) is 0 Å². The summed E-state index contributed by atoms with van der Waals surface area (Å²) in [5.41, 5.74) is 1.75. The number of alkyl halides is 3. The summed E-state index contributed by atoms with van der Waals surface area (Å²) in [6, 6.07) is 12.9. The number of halogens is 3. The van der Waals surface area contributed by atoms with Gasteiger partial charge in [-0.1, -0.05) is 30.3 Å². The molecule has 0 radical (unpaired) electrons. The van der Waals surface area contributed by atoms with E-state index in [2.05, 4.69) is 10.2 Å². The fraction of sp³-hybridized carbons (Fsp3) is 0.350. The number of benzene rings is 2. The molecule has 3 nitrogen and oxygen atoms in total. The van der Waals surface area contributed by atoms with Crippen LogP contribution in [0.5, 0.6) is 0 Å². The van der Waals surface area contributed by atoms with Crippen LogP contribution >= 0.6 is 11.8 Å². The zero-order valence-electron chi connectivity index (χ0n) is 14.8. The van der Waals surface area contributed by atoms with Gasteiger partial charge in [0, 0.05) is 36.8 Å². The Morgan fingerprint density at radius 2 is 1.74 bits per heavy atom. The number of anilines is 1. The van der Waals surface area contributed by atoms with Crippen molar-refractivity contribution < 1.29 is 18.0 Å². The first-order valence-electron chi connectivity index (χ1n) is 8.76. The fourth-order valence-electron chi connectivity index (χ4n) is 2.95. The van der Waals surface area contributed by atoms with E-state index in [4.69, 9.17) is 0 Å². The number of rotatable bonds is 5. The highest BCUT2D eigenvalue weighted by Crippen LogP contribution is 2.29. The molecule has 1 amide bonds. The van der Waals surface area contributed by atoms with Crippen LogP contribution in [0.2, 0.25) is 0 Å². The fourth-order valence-corrected chi connectivity index (χ4v) is 3.86. The lowest BCUT2D eigenvalue weighted by Gasteiger charge is -2.28. The van der Waals surface area contributed by atoms with Gasteiger partial charge in [-0.15, -0.1) is 0 Å². The molecule has 2 aromatic rings. The van der Waals surface area contributed by atoms with E-state index >= 15 is 0 Å². The first-order valence-corrected chi connectivity index (χ1v) is 9.92. The highest BCUT2D eigenvalue weighted by molar-refractivity contribution is 7.99. The molecule has 1 saturated heterocycles. The molecule has 2 aromatic carbocycles. The summed E-state index contributed by atoms with van der Waals surface area (Å²) in [5.74, 6) is 1.97. The van der Waals surface area contributed by atoms with Gasteiger partial charge in [0.2, 0.25) is 5.91 Å². The van der Waals surface area contributed by atoms with Crippen LogP contribution in [-0.2, 0) is 23.9 Å². The van der Waals surface area contributed by atoms with E-state index in [-0.39, 0.29) is 12.3 Å². The van der Waals surface area contributed by atoms with Gasteiger partial charge in [0.15, 0.2) is 0 Å². The van der Waals surface area contributed by atoms with Crippen molar-refractivity contribution in [1.29, 1.82) is 0 Å². The van der Waals surface area contributed by atoms with E-state index in [9.17, 15) is 18.0 Å². The molecule has 27 heavy (non-hydrogen) atoms. The molecule has 0 aliphatic carbocycles. The number of nitrogens with one attached hydrogen (secondary N) is 1. The van der Waals surface area contributed by atoms with Crippen molar-refractivity contribution >= 4 is 23.4 Å². The second-order valence-corrected chi connectivity index (χ2v) is 7.64.